The summed E-state index contributed by atoms with van der Waals surface area (Å²) in [5, 5.41) is 0.720. The number of aryl methyl sites for hydroxylation is 1. The Morgan fingerprint density at radius 1 is 1.31 bits per heavy atom. The Balaban J connectivity index is 3.46. The summed E-state index contributed by atoms with van der Waals surface area (Å²) in [5.41, 5.74) is 10.1. The molecule has 0 aromatic heterocycles. The van der Waals surface area contributed by atoms with E-state index in [0.29, 0.717) is 11.6 Å². The van der Waals surface area contributed by atoms with Crippen LogP contribution in [0.3, 0.4) is 0 Å². The van der Waals surface area contributed by atoms with Gasteiger partial charge in [-0.15, -0.1) is 0 Å². The molecule has 13 heavy (non-hydrogen) atoms. The van der Waals surface area contributed by atoms with E-state index in [2.05, 4.69) is 27.7 Å². The zero-order valence-electron chi connectivity index (χ0n) is 8.61. The van der Waals surface area contributed by atoms with Crippen LogP contribution in [-0.4, -0.2) is 0 Å². The summed E-state index contributed by atoms with van der Waals surface area (Å²) >= 11 is 6.14. The van der Waals surface area contributed by atoms with Gasteiger partial charge < -0.3 is 5.73 Å². The van der Waals surface area contributed by atoms with Gasteiger partial charge in [0.05, 0.1) is 10.7 Å². The van der Waals surface area contributed by atoms with E-state index in [4.69, 9.17) is 17.3 Å². The van der Waals surface area contributed by atoms with Gasteiger partial charge in [-0.2, -0.15) is 0 Å². The maximum Gasteiger partial charge on any atom is 0.0672 e. The molecular formula is C11H16ClN. The van der Waals surface area contributed by atoms with Crippen molar-refractivity contribution in [2.24, 2.45) is 0 Å². The van der Waals surface area contributed by atoms with Crippen LogP contribution < -0.4 is 5.73 Å². The van der Waals surface area contributed by atoms with Crippen molar-refractivity contribution in [1.29, 1.82) is 0 Å². The standard InChI is InChI=1S/C11H16ClN/c1-6(2)10-8(4)7(3)5-9(13)11(10)12/h5-6H,13H2,1-4H3. The van der Waals surface area contributed by atoms with Crippen LogP contribution >= 0.6 is 11.6 Å². The first-order valence-electron chi connectivity index (χ1n) is 4.50. The number of halogens is 1. The highest BCUT2D eigenvalue weighted by molar-refractivity contribution is 6.34. The highest BCUT2D eigenvalue weighted by atomic mass is 35.5. The van der Waals surface area contributed by atoms with Crippen molar-refractivity contribution in [1.82, 2.24) is 0 Å². The van der Waals surface area contributed by atoms with Crippen LogP contribution in [0, 0.1) is 13.8 Å². The van der Waals surface area contributed by atoms with E-state index in [1.165, 1.54) is 16.7 Å². The molecule has 0 saturated heterocycles. The predicted octanol–water partition coefficient (Wildman–Crippen LogP) is 3.66. The van der Waals surface area contributed by atoms with Gasteiger partial charge in [-0.25, -0.2) is 0 Å². The molecule has 1 nitrogen and oxygen atoms in total. The lowest BCUT2D eigenvalue weighted by atomic mass is 9.94. The van der Waals surface area contributed by atoms with Crippen molar-refractivity contribution < 1.29 is 0 Å². The molecule has 0 bridgehead atoms. The zero-order valence-corrected chi connectivity index (χ0v) is 9.37. The van der Waals surface area contributed by atoms with E-state index >= 15 is 0 Å². The molecule has 0 saturated carbocycles. The van der Waals surface area contributed by atoms with Crippen molar-refractivity contribution >= 4 is 17.3 Å². The molecule has 0 aliphatic heterocycles. The van der Waals surface area contributed by atoms with Crippen LogP contribution in [0.4, 0.5) is 5.69 Å². The molecule has 1 rings (SSSR count). The minimum Gasteiger partial charge on any atom is -0.398 e. The van der Waals surface area contributed by atoms with E-state index in [-0.39, 0.29) is 0 Å². The van der Waals surface area contributed by atoms with Gasteiger partial charge in [-0.3, -0.25) is 0 Å². The van der Waals surface area contributed by atoms with Crippen LogP contribution in [0.2, 0.25) is 5.02 Å². The van der Waals surface area contributed by atoms with E-state index in [0.717, 1.165) is 5.02 Å². The molecule has 0 radical (unpaired) electrons. The monoisotopic (exact) mass is 197 g/mol. The maximum atomic E-state index is 6.14. The second-order valence-electron chi connectivity index (χ2n) is 3.79. The Bertz CT molecular complexity index is 303. The van der Waals surface area contributed by atoms with Gasteiger partial charge in [0.25, 0.3) is 0 Å². The minimum absolute atomic E-state index is 0.426. The lowest BCUT2D eigenvalue weighted by Crippen LogP contribution is -2.00. The number of hydrogen-bond donors (Lipinski definition) is 1. The average molecular weight is 198 g/mol. The Hall–Kier alpha value is -0.690. The maximum absolute atomic E-state index is 6.14. The first kappa shape index (κ1) is 10.4. The summed E-state index contributed by atoms with van der Waals surface area (Å²) in [6.45, 7) is 8.42. The summed E-state index contributed by atoms with van der Waals surface area (Å²) in [6, 6.07) is 1.93. The molecule has 2 heteroatoms. The molecule has 0 amide bonds. The Morgan fingerprint density at radius 3 is 2.31 bits per heavy atom. The number of hydrogen-bond acceptors (Lipinski definition) is 1. The number of nitrogens with two attached hydrogens (primary N) is 1. The molecule has 0 aliphatic rings. The first-order chi connectivity index (χ1) is 5.95. The molecular weight excluding hydrogens is 182 g/mol. The normalized spacial score (nSPS) is 10.9. The quantitative estimate of drug-likeness (QED) is 0.684. The number of nitrogen functional groups attached to an aromatic ring is 1. The fourth-order valence-electron chi connectivity index (χ4n) is 1.62. The summed E-state index contributed by atoms with van der Waals surface area (Å²) in [7, 11) is 0. The fourth-order valence-corrected chi connectivity index (χ4v) is 2.04. The average Bonchev–Trinajstić information content (AvgIpc) is 2.01. The van der Waals surface area contributed by atoms with Crippen LogP contribution in [0.1, 0.15) is 36.5 Å². The van der Waals surface area contributed by atoms with Crippen LogP contribution in [0.25, 0.3) is 0 Å². The molecule has 0 fully saturated rings. The molecule has 1 aromatic rings. The topological polar surface area (TPSA) is 26.0 Å². The minimum atomic E-state index is 0.426. The number of anilines is 1. The highest BCUT2D eigenvalue weighted by Crippen LogP contribution is 2.33. The number of rotatable bonds is 1. The fraction of sp³-hybridized carbons (Fsp3) is 0.455. The zero-order chi connectivity index (χ0) is 10.2. The van der Waals surface area contributed by atoms with Crippen molar-refractivity contribution in [2.75, 3.05) is 5.73 Å². The summed E-state index contributed by atoms with van der Waals surface area (Å²) in [6.07, 6.45) is 0. The van der Waals surface area contributed by atoms with Crippen molar-refractivity contribution in [3.8, 4) is 0 Å². The lowest BCUT2D eigenvalue weighted by molar-refractivity contribution is 0.854. The van der Waals surface area contributed by atoms with Crippen LogP contribution in [0.5, 0.6) is 0 Å². The molecule has 72 valence electrons. The van der Waals surface area contributed by atoms with E-state index in [9.17, 15) is 0 Å². The summed E-state index contributed by atoms with van der Waals surface area (Å²) < 4.78 is 0. The Labute approximate surface area is 84.9 Å². The summed E-state index contributed by atoms with van der Waals surface area (Å²) in [5.74, 6) is 0.426. The third kappa shape index (κ3) is 1.80. The first-order valence-corrected chi connectivity index (χ1v) is 4.88. The molecule has 0 spiro atoms. The van der Waals surface area contributed by atoms with Gasteiger partial charge in [0.15, 0.2) is 0 Å². The van der Waals surface area contributed by atoms with Crippen LogP contribution in [-0.2, 0) is 0 Å². The van der Waals surface area contributed by atoms with Gasteiger partial charge in [-0.1, -0.05) is 25.4 Å². The van der Waals surface area contributed by atoms with Gasteiger partial charge in [-0.05, 0) is 42.5 Å². The van der Waals surface area contributed by atoms with E-state index in [1.807, 2.05) is 6.07 Å². The molecule has 1 aromatic carbocycles. The Kier molecular flexibility index (Phi) is 2.87. The largest absolute Gasteiger partial charge is 0.398 e. The second kappa shape index (κ2) is 3.59. The van der Waals surface area contributed by atoms with Gasteiger partial charge >= 0.3 is 0 Å². The molecule has 0 heterocycles. The van der Waals surface area contributed by atoms with Gasteiger partial charge in [0.2, 0.25) is 0 Å². The molecule has 0 aliphatic carbocycles. The van der Waals surface area contributed by atoms with Crippen LogP contribution in [0.15, 0.2) is 6.07 Å². The van der Waals surface area contributed by atoms with E-state index in [1.54, 1.807) is 0 Å². The smallest absolute Gasteiger partial charge is 0.0672 e. The van der Waals surface area contributed by atoms with E-state index < -0.39 is 0 Å². The third-order valence-corrected chi connectivity index (χ3v) is 2.86. The lowest BCUT2D eigenvalue weighted by Gasteiger charge is -2.16. The van der Waals surface area contributed by atoms with Crippen molar-refractivity contribution in [3.63, 3.8) is 0 Å². The second-order valence-corrected chi connectivity index (χ2v) is 4.17. The highest BCUT2D eigenvalue weighted by Gasteiger charge is 2.12. The van der Waals surface area contributed by atoms with Gasteiger partial charge in [0, 0.05) is 0 Å². The van der Waals surface area contributed by atoms with Gasteiger partial charge in [0.1, 0.15) is 0 Å². The molecule has 0 atom stereocenters. The molecule has 0 unspecified atom stereocenters. The number of benzene rings is 1. The third-order valence-electron chi connectivity index (χ3n) is 2.43. The SMILES string of the molecule is Cc1cc(N)c(Cl)c(C(C)C)c1C. The van der Waals surface area contributed by atoms with Crippen molar-refractivity contribution in [2.45, 2.75) is 33.6 Å². The van der Waals surface area contributed by atoms with Crippen molar-refractivity contribution in [3.05, 3.63) is 27.8 Å². The Morgan fingerprint density at radius 2 is 1.85 bits per heavy atom. The predicted molar refractivity (Wildman–Crippen MR) is 59.4 cm³/mol. The molecule has 2 N–H and O–H groups in total. The summed E-state index contributed by atoms with van der Waals surface area (Å²) in [4.78, 5) is 0.